The van der Waals surface area contributed by atoms with Crippen molar-refractivity contribution in [2.75, 3.05) is 32.8 Å². The van der Waals surface area contributed by atoms with Gasteiger partial charge >= 0.3 is 5.69 Å². The van der Waals surface area contributed by atoms with Crippen molar-refractivity contribution >= 4 is 17.5 Å². The first-order valence-electron chi connectivity index (χ1n) is 7.88. The lowest BCUT2D eigenvalue weighted by molar-refractivity contribution is -0.385. The molecule has 1 aliphatic heterocycles. The van der Waals surface area contributed by atoms with Crippen LogP contribution >= 0.6 is 0 Å². The molecule has 0 spiro atoms. The summed E-state index contributed by atoms with van der Waals surface area (Å²) in [4.78, 5) is 37.2. The third kappa shape index (κ3) is 4.68. The minimum Gasteiger partial charge on any atom is -0.487 e. The summed E-state index contributed by atoms with van der Waals surface area (Å²) in [6, 6.07) is 6.17. The zero-order chi connectivity index (χ0) is 17.5. The van der Waals surface area contributed by atoms with E-state index in [0.29, 0.717) is 39.0 Å². The van der Waals surface area contributed by atoms with Gasteiger partial charge in [0.25, 0.3) is 0 Å². The van der Waals surface area contributed by atoms with Crippen molar-refractivity contribution in [2.45, 2.75) is 19.8 Å². The van der Waals surface area contributed by atoms with Crippen LogP contribution in [0, 0.1) is 10.1 Å². The van der Waals surface area contributed by atoms with Gasteiger partial charge in [0, 0.05) is 45.6 Å². The lowest BCUT2D eigenvalue weighted by Crippen LogP contribution is -2.50. The molecule has 2 amide bonds. The molecular weight excluding hydrogens is 314 g/mol. The van der Waals surface area contributed by atoms with E-state index in [0.717, 1.165) is 0 Å². The summed E-state index contributed by atoms with van der Waals surface area (Å²) in [5.74, 6) is 0.259. The predicted molar refractivity (Wildman–Crippen MR) is 86.7 cm³/mol. The smallest absolute Gasteiger partial charge is 0.310 e. The van der Waals surface area contributed by atoms with Gasteiger partial charge in [-0.15, -0.1) is 0 Å². The largest absolute Gasteiger partial charge is 0.487 e. The van der Waals surface area contributed by atoms with E-state index >= 15 is 0 Å². The Balaban J connectivity index is 1.72. The molecule has 8 nitrogen and oxygen atoms in total. The first kappa shape index (κ1) is 17.7. The van der Waals surface area contributed by atoms with Crippen LogP contribution in [0.15, 0.2) is 24.3 Å². The molecule has 0 radical (unpaired) electrons. The van der Waals surface area contributed by atoms with Gasteiger partial charge in [0.1, 0.15) is 0 Å². The van der Waals surface area contributed by atoms with E-state index in [1.165, 1.54) is 13.0 Å². The minimum absolute atomic E-state index is 0.0179. The Morgan fingerprint density at radius 2 is 1.79 bits per heavy atom. The maximum Gasteiger partial charge on any atom is 0.310 e. The van der Waals surface area contributed by atoms with Crippen LogP contribution in [-0.4, -0.2) is 59.3 Å². The van der Waals surface area contributed by atoms with E-state index < -0.39 is 4.92 Å². The van der Waals surface area contributed by atoms with Gasteiger partial charge in [-0.05, 0) is 12.5 Å². The summed E-state index contributed by atoms with van der Waals surface area (Å²) >= 11 is 0. The van der Waals surface area contributed by atoms with Crippen molar-refractivity contribution in [3.05, 3.63) is 34.4 Å². The van der Waals surface area contributed by atoms with Crippen LogP contribution < -0.4 is 4.74 Å². The minimum atomic E-state index is -0.491. The summed E-state index contributed by atoms with van der Waals surface area (Å²) in [5.41, 5.74) is -0.0795. The molecule has 8 heteroatoms. The molecule has 0 saturated carbocycles. The number of piperazine rings is 1. The van der Waals surface area contributed by atoms with E-state index in [-0.39, 0.29) is 29.9 Å². The second-order valence-corrected chi connectivity index (χ2v) is 5.56. The normalized spacial score (nSPS) is 14.4. The van der Waals surface area contributed by atoms with Crippen molar-refractivity contribution in [3.8, 4) is 5.75 Å². The zero-order valence-electron chi connectivity index (χ0n) is 13.6. The Bertz CT molecular complexity index is 611. The molecule has 2 rings (SSSR count). The van der Waals surface area contributed by atoms with Crippen LogP contribution in [0.2, 0.25) is 0 Å². The fourth-order valence-electron chi connectivity index (χ4n) is 2.56. The molecule has 1 aromatic carbocycles. The second kappa shape index (κ2) is 8.28. The first-order chi connectivity index (χ1) is 11.5. The van der Waals surface area contributed by atoms with E-state index in [9.17, 15) is 19.7 Å². The fourth-order valence-corrected chi connectivity index (χ4v) is 2.56. The molecule has 130 valence electrons. The van der Waals surface area contributed by atoms with Crippen molar-refractivity contribution in [2.24, 2.45) is 0 Å². The highest BCUT2D eigenvalue weighted by atomic mass is 16.6. The van der Waals surface area contributed by atoms with Gasteiger partial charge in [0.05, 0.1) is 11.5 Å². The number of benzene rings is 1. The molecular formula is C16H21N3O5. The van der Waals surface area contributed by atoms with Gasteiger partial charge in [0.2, 0.25) is 11.8 Å². The molecule has 1 saturated heterocycles. The Labute approximate surface area is 140 Å². The standard InChI is InChI=1S/C16H21N3O5/c1-13(20)17-8-10-18(11-9-17)16(21)7-4-12-24-15-6-3-2-5-14(15)19(22)23/h2-3,5-6H,4,7-12H2,1H3. The number of hydrogen-bond donors (Lipinski definition) is 0. The summed E-state index contributed by atoms with van der Waals surface area (Å²) in [6.45, 7) is 3.98. The number of rotatable bonds is 6. The predicted octanol–water partition coefficient (Wildman–Crippen LogP) is 1.44. The van der Waals surface area contributed by atoms with Gasteiger partial charge in [-0.2, -0.15) is 0 Å². The highest BCUT2D eigenvalue weighted by molar-refractivity contribution is 5.77. The fraction of sp³-hybridized carbons (Fsp3) is 0.500. The summed E-state index contributed by atoms with van der Waals surface area (Å²) in [6.07, 6.45) is 0.804. The van der Waals surface area contributed by atoms with Gasteiger partial charge in [-0.3, -0.25) is 19.7 Å². The Morgan fingerprint density at radius 1 is 1.17 bits per heavy atom. The van der Waals surface area contributed by atoms with Crippen LogP contribution in [0.3, 0.4) is 0 Å². The van der Waals surface area contributed by atoms with Crippen molar-refractivity contribution in [1.82, 2.24) is 9.80 Å². The average Bonchev–Trinajstić information content (AvgIpc) is 2.58. The molecule has 0 atom stereocenters. The Kier molecular flexibility index (Phi) is 6.11. The molecule has 24 heavy (non-hydrogen) atoms. The maximum atomic E-state index is 12.1. The quantitative estimate of drug-likeness (QED) is 0.445. The zero-order valence-corrected chi connectivity index (χ0v) is 13.6. The van der Waals surface area contributed by atoms with Gasteiger partial charge in [-0.25, -0.2) is 0 Å². The van der Waals surface area contributed by atoms with E-state index in [1.54, 1.807) is 28.0 Å². The second-order valence-electron chi connectivity index (χ2n) is 5.56. The summed E-state index contributed by atoms with van der Waals surface area (Å²) in [7, 11) is 0. The molecule has 1 aliphatic rings. The molecule has 0 bridgehead atoms. The van der Waals surface area contributed by atoms with Crippen LogP contribution in [0.25, 0.3) is 0 Å². The van der Waals surface area contributed by atoms with Crippen molar-refractivity contribution in [1.29, 1.82) is 0 Å². The molecule has 1 fully saturated rings. The Morgan fingerprint density at radius 3 is 2.42 bits per heavy atom. The number of para-hydroxylation sites is 2. The topological polar surface area (TPSA) is 93.0 Å². The Hall–Kier alpha value is -2.64. The highest BCUT2D eigenvalue weighted by Gasteiger charge is 2.22. The van der Waals surface area contributed by atoms with E-state index in [4.69, 9.17) is 4.74 Å². The number of nitro groups is 1. The highest BCUT2D eigenvalue weighted by Crippen LogP contribution is 2.25. The maximum absolute atomic E-state index is 12.1. The number of carbonyl (C=O) groups is 2. The van der Waals surface area contributed by atoms with E-state index in [1.807, 2.05) is 0 Å². The van der Waals surface area contributed by atoms with Crippen molar-refractivity contribution in [3.63, 3.8) is 0 Å². The first-order valence-corrected chi connectivity index (χ1v) is 7.88. The number of nitrogens with zero attached hydrogens (tertiary/aromatic N) is 3. The molecule has 0 aromatic heterocycles. The van der Waals surface area contributed by atoms with Crippen LogP contribution in [0.5, 0.6) is 5.75 Å². The SMILES string of the molecule is CC(=O)N1CCN(C(=O)CCCOc2ccccc2[N+](=O)[O-])CC1. The van der Waals surface area contributed by atoms with Gasteiger partial charge in [-0.1, -0.05) is 12.1 Å². The average molecular weight is 335 g/mol. The molecule has 1 aromatic rings. The number of amides is 2. The molecule has 0 aliphatic carbocycles. The van der Waals surface area contributed by atoms with E-state index in [2.05, 4.69) is 0 Å². The summed E-state index contributed by atoms with van der Waals surface area (Å²) in [5, 5.41) is 10.9. The van der Waals surface area contributed by atoms with Crippen LogP contribution in [-0.2, 0) is 9.59 Å². The van der Waals surface area contributed by atoms with Crippen LogP contribution in [0.1, 0.15) is 19.8 Å². The molecule has 1 heterocycles. The third-order valence-corrected chi connectivity index (χ3v) is 3.93. The summed E-state index contributed by atoms with van der Waals surface area (Å²) < 4.78 is 5.42. The number of ether oxygens (including phenoxy) is 1. The molecule has 0 N–H and O–H groups in total. The lowest BCUT2D eigenvalue weighted by atomic mass is 10.2. The van der Waals surface area contributed by atoms with Crippen molar-refractivity contribution < 1.29 is 19.2 Å². The monoisotopic (exact) mass is 335 g/mol. The molecule has 0 unspecified atom stereocenters. The number of hydrogen-bond acceptors (Lipinski definition) is 5. The van der Waals surface area contributed by atoms with Crippen LogP contribution in [0.4, 0.5) is 5.69 Å². The third-order valence-electron chi connectivity index (χ3n) is 3.93. The lowest BCUT2D eigenvalue weighted by Gasteiger charge is -2.34. The number of nitro benzene ring substituents is 1. The van der Waals surface area contributed by atoms with Gasteiger partial charge < -0.3 is 14.5 Å². The number of carbonyl (C=O) groups excluding carboxylic acids is 2. The van der Waals surface area contributed by atoms with Gasteiger partial charge in [0.15, 0.2) is 5.75 Å².